The van der Waals surface area contributed by atoms with E-state index in [0.717, 1.165) is 24.3 Å². The molecule has 0 heterocycles. The van der Waals surface area contributed by atoms with Gasteiger partial charge in [0.2, 0.25) is 0 Å². The van der Waals surface area contributed by atoms with E-state index >= 15 is 0 Å². The molecular weight excluding hydrogens is 240 g/mol. The third kappa shape index (κ3) is 3.96. The molecule has 0 saturated carbocycles. The Balaban J connectivity index is 3.14. The first-order valence-electron chi connectivity index (χ1n) is 6.62. The maximum absolute atomic E-state index is 11.4. The summed E-state index contributed by atoms with van der Waals surface area (Å²) in [6.07, 6.45) is 0. The van der Waals surface area contributed by atoms with Gasteiger partial charge in [-0.2, -0.15) is 0 Å². The maximum Gasteiger partial charge on any atom is 0.337 e. The molecule has 106 valence electrons. The molecule has 1 atom stereocenters. The first kappa shape index (κ1) is 15.5. The van der Waals surface area contributed by atoms with E-state index in [1.807, 2.05) is 33.2 Å². The van der Waals surface area contributed by atoms with Gasteiger partial charge in [-0.25, -0.2) is 4.79 Å². The van der Waals surface area contributed by atoms with Crippen LogP contribution in [0, 0.1) is 6.92 Å². The van der Waals surface area contributed by atoms with Crippen molar-refractivity contribution in [3.8, 4) is 0 Å². The predicted octanol–water partition coefficient (Wildman–Crippen LogP) is 2.47. The molecule has 0 saturated heterocycles. The average Bonchev–Trinajstić information content (AvgIpc) is 2.30. The Kier molecular flexibility index (Phi) is 5.36. The van der Waals surface area contributed by atoms with Gasteiger partial charge in [-0.05, 0) is 47.0 Å². The number of anilines is 1. The highest BCUT2D eigenvalue weighted by molar-refractivity contribution is 5.94. The molecule has 19 heavy (non-hydrogen) atoms. The van der Waals surface area contributed by atoms with Crippen LogP contribution in [-0.2, 0) is 0 Å². The van der Waals surface area contributed by atoms with Gasteiger partial charge in [0, 0.05) is 19.1 Å². The highest BCUT2D eigenvalue weighted by Gasteiger charge is 2.19. The van der Waals surface area contributed by atoms with Crippen LogP contribution in [0.25, 0.3) is 0 Å². The molecule has 0 bridgehead atoms. The molecule has 0 aliphatic heterocycles. The summed E-state index contributed by atoms with van der Waals surface area (Å²) in [7, 11) is 4.05. The fraction of sp³-hybridized carbons (Fsp3) is 0.533. The minimum absolute atomic E-state index is 0.265. The van der Waals surface area contributed by atoms with Crippen LogP contribution in [0.15, 0.2) is 18.2 Å². The van der Waals surface area contributed by atoms with Gasteiger partial charge >= 0.3 is 5.97 Å². The molecule has 4 nitrogen and oxygen atoms in total. The van der Waals surface area contributed by atoms with Crippen LogP contribution in [0.5, 0.6) is 0 Å². The number of carboxylic acid groups (broad SMARTS) is 1. The van der Waals surface area contributed by atoms with Crippen molar-refractivity contribution < 1.29 is 9.90 Å². The molecule has 4 heteroatoms. The van der Waals surface area contributed by atoms with E-state index in [1.54, 1.807) is 6.07 Å². The van der Waals surface area contributed by atoms with E-state index in [1.165, 1.54) is 0 Å². The molecule has 0 amide bonds. The highest BCUT2D eigenvalue weighted by Crippen LogP contribution is 2.24. The summed E-state index contributed by atoms with van der Waals surface area (Å²) >= 11 is 0. The Bertz CT molecular complexity index is 444. The third-order valence-electron chi connectivity index (χ3n) is 3.19. The fourth-order valence-electron chi connectivity index (χ4n) is 2.42. The van der Waals surface area contributed by atoms with Crippen molar-refractivity contribution in [2.45, 2.75) is 26.8 Å². The summed E-state index contributed by atoms with van der Waals surface area (Å²) in [4.78, 5) is 15.7. The number of aryl methyl sites for hydroxylation is 1. The molecule has 0 radical (unpaired) electrons. The second-order valence-electron chi connectivity index (χ2n) is 5.22. The molecule has 0 aliphatic rings. The van der Waals surface area contributed by atoms with Gasteiger partial charge in [0.05, 0.1) is 11.3 Å². The number of carbonyl (C=O) groups is 1. The Morgan fingerprint density at radius 3 is 2.47 bits per heavy atom. The van der Waals surface area contributed by atoms with E-state index < -0.39 is 5.97 Å². The summed E-state index contributed by atoms with van der Waals surface area (Å²) in [5, 5.41) is 9.36. The van der Waals surface area contributed by atoms with Crippen molar-refractivity contribution in [2.75, 3.05) is 32.1 Å². The number of aromatic carboxylic acids is 1. The van der Waals surface area contributed by atoms with Crippen molar-refractivity contribution in [1.82, 2.24) is 4.90 Å². The van der Waals surface area contributed by atoms with Crippen molar-refractivity contribution in [2.24, 2.45) is 0 Å². The first-order valence-corrected chi connectivity index (χ1v) is 6.62. The van der Waals surface area contributed by atoms with Gasteiger partial charge in [-0.3, -0.25) is 0 Å². The topological polar surface area (TPSA) is 43.8 Å². The van der Waals surface area contributed by atoms with Crippen LogP contribution in [0.4, 0.5) is 5.69 Å². The van der Waals surface area contributed by atoms with Crippen molar-refractivity contribution >= 4 is 11.7 Å². The van der Waals surface area contributed by atoms with Crippen molar-refractivity contribution in [1.29, 1.82) is 0 Å². The zero-order chi connectivity index (χ0) is 14.6. The smallest absolute Gasteiger partial charge is 0.337 e. The molecule has 0 aromatic heterocycles. The minimum atomic E-state index is -0.866. The van der Waals surface area contributed by atoms with Gasteiger partial charge in [-0.1, -0.05) is 11.6 Å². The summed E-state index contributed by atoms with van der Waals surface area (Å²) in [5.74, 6) is -0.866. The van der Waals surface area contributed by atoms with Gasteiger partial charge < -0.3 is 14.9 Å². The second-order valence-corrected chi connectivity index (χ2v) is 5.22. The fourth-order valence-corrected chi connectivity index (χ4v) is 2.42. The van der Waals surface area contributed by atoms with Gasteiger partial charge in [-0.15, -0.1) is 0 Å². The largest absolute Gasteiger partial charge is 0.478 e. The molecule has 1 rings (SSSR count). The van der Waals surface area contributed by atoms with Gasteiger partial charge in [0.15, 0.2) is 0 Å². The Morgan fingerprint density at radius 1 is 1.37 bits per heavy atom. The second kappa shape index (κ2) is 6.57. The van der Waals surface area contributed by atoms with Crippen molar-refractivity contribution in [3.63, 3.8) is 0 Å². The van der Waals surface area contributed by atoms with Crippen LogP contribution in [0.1, 0.15) is 29.8 Å². The Labute approximate surface area is 115 Å². The molecule has 0 fully saturated rings. The van der Waals surface area contributed by atoms with E-state index in [0.29, 0.717) is 5.56 Å². The number of benzene rings is 1. The van der Waals surface area contributed by atoms with Crippen LogP contribution in [0.3, 0.4) is 0 Å². The van der Waals surface area contributed by atoms with Crippen LogP contribution in [-0.4, -0.2) is 49.2 Å². The van der Waals surface area contributed by atoms with E-state index in [9.17, 15) is 9.90 Å². The zero-order valence-electron chi connectivity index (χ0n) is 12.5. The third-order valence-corrected chi connectivity index (χ3v) is 3.19. The Hall–Kier alpha value is -1.55. The van der Waals surface area contributed by atoms with Crippen molar-refractivity contribution in [3.05, 3.63) is 29.3 Å². The number of nitrogens with zero attached hydrogens (tertiary/aromatic N) is 2. The number of carboxylic acids is 1. The van der Waals surface area contributed by atoms with Gasteiger partial charge in [0.25, 0.3) is 0 Å². The molecule has 0 spiro atoms. The lowest BCUT2D eigenvalue weighted by Gasteiger charge is -2.33. The normalized spacial score (nSPS) is 12.5. The van der Waals surface area contributed by atoms with E-state index in [-0.39, 0.29) is 6.04 Å². The average molecular weight is 264 g/mol. The first-order chi connectivity index (χ1) is 8.86. The summed E-state index contributed by atoms with van der Waals surface area (Å²) in [6, 6.07) is 5.88. The predicted molar refractivity (Wildman–Crippen MR) is 79.2 cm³/mol. The maximum atomic E-state index is 11.4. The Morgan fingerprint density at radius 2 is 2.00 bits per heavy atom. The van der Waals surface area contributed by atoms with Gasteiger partial charge in [0.1, 0.15) is 0 Å². The molecule has 1 aromatic carbocycles. The van der Waals surface area contributed by atoms with E-state index in [4.69, 9.17) is 0 Å². The number of rotatable bonds is 6. The monoisotopic (exact) mass is 264 g/mol. The quantitative estimate of drug-likeness (QED) is 0.857. The SMILES string of the molecule is CCN(c1ccc(C)cc1C(=O)O)C(C)CN(C)C. The summed E-state index contributed by atoms with van der Waals surface area (Å²) in [6.45, 7) is 7.77. The number of hydrogen-bond acceptors (Lipinski definition) is 3. The lowest BCUT2D eigenvalue weighted by atomic mass is 10.1. The molecule has 0 aliphatic carbocycles. The molecule has 1 aromatic rings. The standard InChI is InChI=1S/C15H24N2O2/c1-6-17(12(3)10-16(4)5)14-8-7-11(2)9-13(14)15(18)19/h7-9,12H,6,10H2,1-5H3,(H,18,19). The van der Waals surface area contributed by atoms with E-state index in [2.05, 4.69) is 23.6 Å². The van der Waals surface area contributed by atoms with Crippen LogP contribution >= 0.6 is 0 Å². The highest BCUT2D eigenvalue weighted by atomic mass is 16.4. The lowest BCUT2D eigenvalue weighted by Crippen LogP contribution is -2.40. The lowest BCUT2D eigenvalue weighted by molar-refractivity contribution is 0.0697. The van der Waals surface area contributed by atoms with Crippen LogP contribution in [0.2, 0.25) is 0 Å². The molecule has 1 unspecified atom stereocenters. The summed E-state index contributed by atoms with van der Waals surface area (Å²) in [5.41, 5.74) is 2.15. The number of hydrogen-bond donors (Lipinski definition) is 1. The van der Waals surface area contributed by atoms with Crippen LogP contribution < -0.4 is 4.90 Å². The zero-order valence-corrected chi connectivity index (χ0v) is 12.5. The minimum Gasteiger partial charge on any atom is -0.478 e. The molecular formula is C15H24N2O2. The molecule has 1 N–H and O–H groups in total. The number of likely N-dealkylation sites (N-methyl/N-ethyl adjacent to an activating group) is 2. The summed E-state index contributed by atoms with van der Waals surface area (Å²) < 4.78 is 0.